The summed E-state index contributed by atoms with van der Waals surface area (Å²) in [6, 6.07) is 17.9. The van der Waals surface area contributed by atoms with Crippen molar-refractivity contribution >= 4 is 12.0 Å². The fraction of sp³-hybridized carbons (Fsp3) is 0.118. The van der Waals surface area contributed by atoms with E-state index in [1.54, 1.807) is 0 Å². The summed E-state index contributed by atoms with van der Waals surface area (Å²) >= 11 is 0. The summed E-state index contributed by atoms with van der Waals surface area (Å²) in [7, 11) is 0. The number of nitrogens with zero attached hydrogens (tertiary/aromatic N) is 1. The average molecular weight is 249 g/mol. The van der Waals surface area contributed by atoms with E-state index in [1.165, 1.54) is 0 Å². The number of hydrogen-bond donors (Lipinski definition) is 0. The molecule has 2 nitrogen and oxygen atoms in total. The van der Waals surface area contributed by atoms with E-state index in [9.17, 15) is 4.79 Å². The molecule has 2 heteroatoms. The molecule has 0 N–H and O–H groups in total. The fourth-order valence-electron chi connectivity index (χ4n) is 2.34. The predicted molar refractivity (Wildman–Crippen MR) is 76.7 cm³/mol. The van der Waals surface area contributed by atoms with E-state index in [4.69, 9.17) is 0 Å². The molecule has 0 atom stereocenters. The van der Waals surface area contributed by atoms with Gasteiger partial charge in [0.05, 0.1) is 0 Å². The molecule has 2 aromatic rings. The Morgan fingerprint density at radius 3 is 2.53 bits per heavy atom. The molecule has 0 saturated carbocycles. The van der Waals surface area contributed by atoms with E-state index in [-0.39, 0.29) is 5.91 Å². The Kier molecular flexibility index (Phi) is 3.15. The molecule has 0 aliphatic carbocycles. The van der Waals surface area contributed by atoms with Crippen LogP contribution in [0.5, 0.6) is 0 Å². The summed E-state index contributed by atoms with van der Waals surface area (Å²) in [5, 5.41) is 0. The van der Waals surface area contributed by atoms with Gasteiger partial charge in [-0.15, -0.1) is 0 Å². The second-order valence-corrected chi connectivity index (χ2v) is 4.66. The summed E-state index contributed by atoms with van der Waals surface area (Å²) in [5.41, 5.74) is 3.13. The highest BCUT2D eigenvalue weighted by Gasteiger charge is 2.25. The lowest BCUT2D eigenvalue weighted by atomic mass is 10.1. The highest BCUT2D eigenvalue weighted by Crippen LogP contribution is 2.21. The number of rotatable bonds is 3. The van der Waals surface area contributed by atoms with Crippen molar-refractivity contribution in [2.75, 3.05) is 6.54 Å². The van der Waals surface area contributed by atoms with Gasteiger partial charge >= 0.3 is 0 Å². The molecule has 0 fully saturated rings. The van der Waals surface area contributed by atoms with Gasteiger partial charge in [0.15, 0.2) is 0 Å². The third-order valence-electron chi connectivity index (χ3n) is 3.33. The Balaban J connectivity index is 1.67. The minimum Gasteiger partial charge on any atom is -0.331 e. The van der Waals surface area contributed by atoms with Crippen LogP contribution in [0.2, 0.25) is 0 Å². The topological polar surface area (TPSA) is 20.3 Å². The predicted octanol–water partition coefficient (Wildman–Crippen LogP) is 3.36. The van der Waals surface area contributed by atoms with Crippen molar-refractivity contribution in [1.29, 1.82) is 0 Å². The van der Waals surface area contributed by atoms with Crippen LogP contribution in [0.3, 0.4) is 0 Å². The average Bonchev–Trinajstić information content (AvgIpc) is 2.78. The van der Waals surface area contributed by atoms with Crippen LogP contribution >= 0.6 is 0 Å². The first-order valence-corrected chi connectivity index (χ1v) is 6.43. The molecule has 1 aliphatic rings. The molecule has 0 saturated heterocycles. The van der Waals surface area contributed by atoms with Gasteiger partial charge in [0.2, 0.25) is 0 Å². The lowest BCUT2D eigenvalue weighted by Crippen LogP contribution is -2.23. The zero-order chi connectivity index (χ0) is 13.1. The standard InChI is InChI=1S/C17H15NO/c19-17-16-11-5-4-10-15(16)13-18(17)12-6-9-14-7-2-1-3-8-14/h1-11H,12-13H2/b9-6+. The third-order valence-corrected chi connectivity index (χ3v) is 3.33. The lowest BCUT2D eigenvalue weighted by Gasteiger charge is -2.12. The van der Waals surface area contributed by atoms with Gasteiger partial charge in [-0.1, -0.05) is 60.7 Å². The fourth-order valence-corrected chi connectivity index (χ4v) is 2.34. The molecule has 0 radical (unpaired) electrons. The molecule has 3 rings (SSSR count). The van der Waals surface area contributed by atoms with Crippen molar-refractivity contribution in [3.8, 4) is 0 Å². The molecule has 0 unspecified atom stereocenters. The van der Waals surface area contributed by atoms with E-state index in [0.29, 0.717) is 13.1 Å². The summed E-state index contributed by atoms with van der Waals surface area (Å²) < 4.78 is 0. The van der Waals surface area contributed by atoms with Gasteiger partial charge in [-0.2, -0.15) is 0 Å². The van der Waals surface area contributed by atoms with Crippen LogP contribution in [0.15, 0.2) is 60.7 Å². The molecule has 0 aromatic heterocycles. The minimum atomic E-state index is 0.133. The van der Waals surface area contributed by atoms with E-state index in [0.717, 1.165) is 16.7 Å². The molecule has 0 bridgehead atoms. The highest BCUT2D eigenvalue weighted by molar-refractivity contribution is 5.98. The zero-order valence-corrected chi connectivity index (χ0v) is 10.6. The first kappa shape index (κ1) is 11.7. The quantitative estimate of drug-likeness (QED) is 0.816. The molecule has 2 aromatic carbocycles. The maximum Gasteiger partial charge on any atom is 0.254 e. The summed E-state index contributed by atoms with van der Waals surface area (Å²) in [6.45, 7) is 1.37. The molecule has 19 heavy (non-hydrogen) atoms. The van der Waals surface area contributed by atoms with Crippen molar-refractivity contribution in [1.82, 2.24) is 4.90 Å². The van der Waals surface area contributed by atoms with Crippen molar-refractivity contribution < 1.29 is 4.79 Å². The number of hydrogen-bond acceptors (Lipinski definition) is 1. The van der Waals surface area contributed by atoms with Crippen LogP contribution < -0.4 is 0 Å². The maximum atomic E-state index is 12.1. The number of carbonyl (C=O) groups is 1. The smallest absolute Gasteiger partial charge is 0.254 e. The summed E-state index contributed by atoms with van der Waals surface area (Å²) in [4.78, 5) is 14.0. The molecule has 1 heterocycles. The summed E-state index contributed by atoms with van der Waals surface area (Å²) in [5.74, 6) is 0.133. The second kappa shape index (κ2) is 5.11. The first-order valence-electron chi connectivity index (χ1n) is 6.43. The highest BCUT2D eigenvalue weighted by atomic mass is 16.2. The maximum absolute atomic E-state index is 12.1. The number of benzene rings is 2. The Bertz CT molecular complexity index is 616. The first-order chi connectivity index (χ1) is 9.34. The van der Waals surface area contributed by atoms with Crippen LogP contribution in [0, 0.1) is 0 Å². The van der Waals surface area contributed by atoms with Crippen molar-refractivity contribution in [2.45, 2.75) is 6.54 Å². The van der Waals surface area contributed by atoms with E-state index in [1.807, 2.05) is 53.4 Å². The largest absolute Gasteiger partial charge is 0.331 e. The Hall–Kier alpha value is -2.35. The van der Waals surface area contributed by atoms with Crippen LogP contribution in [0.25, 0.3) is 6.08 Å². The van der Waals surface area contributed by atoms with Crippen molar-refractivity contribution in [2.24, 2.45) is 0 Å². The monoisotopic (exact) mass is 249 g/mol. The lowest BCUT2D eigenvalue weighted by molar-refractivity contribution is 0.0796. The molecule has 94 valence electrons. The van der Waals surface area contributed by atoms with Gasteiger partial charge in [-0.25, -0.2) is 0 Å². The van der Waals surface area contributed by atoms with Gasteiger partial charge in [0.1, 0.15) is 0 Å². The Morgan fingerprint density at radius 2 is 1.74 bits per heavy atom. The number of carbonyl (C=O) groups excluding carboxylic acids is 1. The van der Waals surface area contributed by atoms with Crippen molar-refractivity contribution in [3.05, 3.63) is 77.4 Å². The van der Waals surface area contributed by atoms with Gasteiger partial charge in [0, 0.05) is 18.7 Å². The minimum absolute atomic E-state index is 0.133. The van der Waals surface area contributed by atoms with Crippen LogP contribution in [-0.2, 0) is 6.54 Å². The number of fused-ring (bicyclic) bond motifs is 1. The van der Waals surface area contributed by atoms with Gasteiger partial charge in [0.25, 0.3) is 5.91 Å². The second-order valence-electron chi connectivity index (χ2n) is 4.66. The van der Waals surface area contributed by atoms with E-state index < -0.39 is 0 Å². The zero-order valence-electron chi connectivity index (χ0n) is 10.6. The molecular formula is C17H15NO. The van der Waals surface area contributed by atoms with Crippen LogP contribution in [0.4, 0.5) is 0 Å². The van der Waals surface area contributed by atoms with Gasteiger partial charge in [-0.3, -0.25) is 4.79 Å². The molecule has 1 amide bonds. The van der Waals surface area contributed by atoms with Crippen LogP contribution in [-0.4, -0.2) is 17.4 Å². The van der Waals surface area contributed by atoms with E-state index in [2.05, 4.69) is 18.2 Å². The third kappa shape index (κ3) is 2.43. The normalized spacial score (nSPS) is 14.1. The van der Waals surface area contributed by atoms with Gasteiger partial charge < -0.3 is 4.90 Å². The van der Waals surface area contributed by atoms with E-state index >= 15 is 0 Å². The molecular weight excluding hydrogens is 234 g/mol. The molecule has 1 aliphatic heterocycles. The van der Waals surface area contributed by atoms with Crippen LogP contribution in [0.1, 0.15) is 21.5 Å². The van der Waals surface area contributed by atoms with Gasteiger partial charge in [-0.05, 0) is 17.2 Å². The number of amides is 1. The SMILES string of the molecule is O=C1c2ccccc2CN1C/C=C/c1ccccc1. The Labute approximate surface area is 113 Å². The molecule has 0 spiro atoms. The Morgan fingerprint density at radius 1 is 1.00 bits per heavy atom. The summed E-state index contributed by atoms with van der Waals surface area (Å²) in [6.07, 6.45) is 4.09. The van der Waals surface area contributed by atoms with Crippen molar-refractivity contribution in [3.63, 3.8) is 0 Å².